The number of methoxy groups -OCH3 is 1. The van der Waals surface area contributed by atoms with Crippen molar-refractivity contribution in [3.05, 3.63) is 24.2 Å². The number of aromatic nitrogens is 3. The van der Waals surface area contributed by atoms with Gasteiger partial charge in [0.15, 0.2) is 0 Å². The molecule has 0 aliphatic rings. The van der Waals surface area contributed by atoms with Gasteiger partial charge in [-0.3, -0.25) is 0 Å². The number of likely N-dealkylation sites (N-methyl/N-ethyl adjacent to an activating group) is 1. The van der Waals surface area contributed by atoms with Crippen molar-refractivity contribution in [1.29, 1.82) is 0 Å². The summed E-state index contributed by atoms with van der Waals surface area (Å²) < 4.78 is 10.3. The number of nitrogens with one attached hydrogen (secondary N) is 2. The van der Waals surface area contributed by atoms with Crippen molar-refractivity contribution in [1.82, 2.24) is 20.4 Å². The molecule has 0 radical (unpaired) electrons. The third kappa shape index (κ3) is 2.92. The Morgan fingerprint density at radius 3 is 3.12 bits per heavy atom. The molecule has 2 aromatic rings. The molecule has 0 spiro atoms. The summed E-state index contributed by atoms with van der Waals surface area (Å²) in [5, 5.41) is 7.06. The minimum Gasteiger partial charge on any atom is -0.383 e. The molecule has 1 atom stereocenters. The normalized spacial score (nSPS) is 12.8. The summed E-state index contributed by atoms with van der Waals surface area (Å²) in [6.45, 7) is 0.608. The molecule has 1 unspecified atom stereocenters. The number of hydrogen-bond acceptors (Lipinski definition) is 5. The highest BCUT2D eigenvalue weighted by Gasteiger charge is 2.14. The van der Waals surface area contributed by atoms with Crippen LogP contribution >= 0.6 is 0 Å². The number of hydrogen-bond donors (Lipinski definition) is 2. The Labute approximate surface area is 99.4 Å². The monoisotopic (exact) mass is 236 g/mol. The van der Waals surface area contributed by atoms with Crippen molar-refractivity contribution in [2.75, 3.05) is 20.8 Å². The Hall–Kier alpha value is -1.66. The van der Waals surface area contributed by atoms with Crippen LogP contribution in [0.5, 0.6) is 0 Å². The largest absolute Gasteiger partial charge is 0.383 e. The highest BCUT2D eigenvalue weighted by molar-refractivity contribution is 5.47. The van der Waals surface area contributed by atoms with E-state index in [0.29, 0.717) is 24.7 Å². The summed E-state index contributed by atoms with van der Waals surface area (Å²) in [5.41, 5.74) is 0.854. The van der Waals surface area contributed by atoms with Crippen LogP contribution in [0.2, 0.25) is 0 Å². The summed E-state index contributed by atoms with van der Waals surface area (Å²) in [7, 11) is 3.55. The van der Waals surface area contributed by atoms with Crippen molar-refractivity contribution in [3.63, 3.8) is 0 Å². The molecule has 2 aromatic heterocycles. The number of H-pyrrole nitrogens is 1. The van der Waals surface area contributed by atoms with Gasteiger partial charge in [-0.2, -0.15) is 4.98 Å². The second-order valence-corrected chi connectivity index (χ2v) is 3.74. The second kappa shape index (κ2) is 5.60. The van der Waals surface area contributed by atoms with Gasteiger partial charge in [-0.15, -0.1) is 0 Å². The molecule has 0 amide bonds. The third-order valence-electron chi connectivity index (χ3n) is 2.50. The van der Waals surface area contributed by atoms with Crippen LogP contribution in [0.4, 0.5) is 0 Å². The summed E-state index contributed by atoms with van der Waals surface area (Å²) in [6, 6.07) is 3.98. The Morgan fingerprint density at radius 2 is 2.47 bits per heavy atom. The van der Waals surface area contributed by atoms with Gasteiger partial charge >= 0.3 is 0 Å². The Bertz CT molecular complexity index is 438. The summed E-state index contributed by atoms with van der Waals surface area (Å²) in [4.78, 5) is 7.35. The first kappa shape index (κ1) is 11.8. The summed E-state index contributed by atoms with van der Waals surface area (Å²) in [5.74, 6) is 1.18. The van der Waals surface area contributed by atoms with Crippen molar-refractivity contribution in [3.8, 4) is 11.5 Å². The van der Waals surface area contributed by atoms with Crippen LogP contribution < -0.4 is 5.32 Å². The van der Waals surface area contributed by atoms with E-state index in [4.69, 9.17) is 9.26 Å². The van der Waals surface area contributed by atoms with E-state index < -0.39 is 0 Å². The first-order chi connectivity index (χ1) is 8.33. The molecule has 0 aromatic carbocycles. The zero-order chi connectivity index (χ0) is 12.1. The molecule has 2 N–H and O–H groups in total. The van der Waals surface area contributed by atoms with E-state index in [-0.39, 0.29) is 6.04 Å². The molecule has 92 valence electrons. The van der Waals surface area contributed by atoms with Crippen molar-refractivity contribution < 1.29 is 9.26 Å². The lowest BCUT2D eigenvalue weighted by molar-refractivity contribution is 0.165. The highest BCUT2D eigenvalue weighted by atomic mass is 16.5. The van der Waals surface area contributed by atoms with Crippen molar-refractivity contribution >= 4 is 0 Å². The maximum absolute atomic E-state index is 5.19. The molecule has 0 bridgehead atoms. The first-order valence-electron chi connectivity index (χ1n) is 5.46. The quantitative estimate of drug-likeness (QED) is 0.777. The zero-order valence-electron chi connectivity index (χ0n) is 9.93. The third-order valence-corrected chi connectivity index (χ3v) is 2.50. The molecule has 0 aliphatic heterocycles. The van der Waals surface area contributed by atoms with Crippen molar-refractivity contribution in [2.45, 2.75) is 12.5 Å². The van der Waals surface area contributed by atoms with E-state index in [0.717, 1.165) is 5.69 Å². The molecule has 6 heteroatoms. The Balaban J connectivity index is 2.03. The maximum Gasteiger partial charge on any atom is 0.228 e. The van der Waals surface area contributed by atoms with E-state index >= 15 is 0 Å². The fourth-order valence-electron chi connectivity index (χ4n) is 1.57. The van der Waals surface area contributed by atoms with Gasteiger partial charge in [0.05, 0.1) is 12.3 Å². The van der Waals surface area contributed by atoms with Gasteiger partial charge in [-0.05, 0) is 19.2 Å². The van der Waals surface area contributed by atoms with E-state index in [9.17, 15) is 0 Å². The zero-order valence-corrected chi connectivity index (χ0v) is 9.93. The molecule has 2 heterocycles. The lowest BCUT2D eigenvalue weighted by Crippen LogP contribution is -2.32. The number of rotatable bonds is 6. The van der Waals surface area contributed by atoms with E-state index in [1.54, 1.807) is 7.11 Å². The average molecular weight is 236 g/mol. The summed E-state index contributed by atoms with van der Waals surface area (Å²) >= 11 is 0. The molecule has 17 heavy (non-hydrogen) atoms. The van der Waals surface area contributed by atoms with Crippen molar-refractivity contribution in [2.24, 2.45) is 0 Å². The molecule has 2 rings (SSSR count). The molecular weight excluding hydrogens is 220 g/mol. The van der Waals surface area contributed by atoms with E-state index in [1.807, 2.05) is 25.4 Å². The van der Waals surface area contributed by atoms with Crippen LogP contribution in [-0.4, -0.2) is 41.9 Å². The molecule has 0 saturated heterocycles. The van der Waals surface area contributed by atoms with Gasteiger partial charge in [-0.1, -0.05) is 5.16 Å². The highest BCUT2D eigenvalue weighted by Crippen LogP contribution is 2.13. The van der Waals surface area contributed by atoms with Gasteiger partial charge in [0.1, 0.15) is 0 Å². The van der Waals surface area contributed by atoms with E-state index in [1.165, 1.54) is 0 Å². The number of ether oxygens (including phenoxy) is 1. The second-order valence-electron chi connectivity index (χ2n) is 3.74. The van der Waals surface area contributed by atoms with Crippen LogP contribution in [0.1, 0.15) is 5.89 Å². The number of aromatic amines is 1. The fourth-order valence-corrected chi connectivity index (χ4v) is 1.57. The van der Waals surface area contributed by atoms with Crippen LogP contribution in [0.3, 0.4) is 0 Å². The van der Waals surface area contributed by atoms with Gasteiger partial charge in [0.25, 0.3) is 0 Å². The van der Waals surface area contributed by atoms with Crippen LogP contribution in [0.25, 0.3) is 11.5 Å². The lowest BCUT2D eigenvalue weighted by atomic mass is 10.2. The predicted octanol–water partition coefficient (Wildman–Crippen LogP) is 0.842. The number of nitrogens with zero attached hydrogens (tertiary/aromatic N) is 2. The molecule has 6 nitrogen and oxygen atoms in total. The van der Waals surface area contributed by atoms with Gasteiger partial charge in [-0.25, -0.2) is 0 Å². The SMILES string of the molecule is CNC(COC)Cc1nc(-c2ccc[nH]2)no1. The summed E-state index contributed by atoms with van der Waals surface area (Å²) in [6.07, 6.45) is 2.48. The van der Waals surface area contributed by atoms with Gasteiger partial charge in [0.2, 0.25) is 11.7 Å². The molecular formula is C11H16N4O2. The molecule has 0 aliphatic carbocycles. The standard InChI is InChI=1S/C11H16N4O2/c1-12-8(7-16-2)6-10-14-11(15-17-10)9-4-3-5-13-9/h3-5,8,12-13H,6-7H2,1-2H3. The Morgan fingerprint density at radius 1 is 1.59 bits per heavy atom. The topological polar surface area (TPSA) is 76.0 Å². The lowest BCUT2D eigenvalue weighted by Gasteiger charge is -2.11. The molecule has 0 saturated carbocycles. The van der Waals surface area contributed by atoms with Gasteiger partial charge in [0, 0.05) is 25.8 Å². The van der Waals surface area contributed by atoms with E-state index in [2.05, 4.69) is 20.4 Å². The van der Waals surface area contributed by atoms with Crippen LogP contribution in [0, 0.1) is 0 Å². The smallest absolute Gasteiger partial charge is 0.228 e. The van der Waals surface area contributed by atoms with Crippen LogP contribution in [-0.2, 0) is 11.2 Å². The maximum atomic E-state index is 5.19. The Kier molecular flexibility index (Phi) is 3.89. The average Bonchev–Trinajstić information content (AvgIpc) is 2.98. The minimum absolute atomic E-state index is 0.178. The predicted molar refractivity (Wildman–Crippen MR) is 62.5 cm³/mol. The molecule has 0 fully saturated rings. The van der Waals surface area contributed by atoms with Gasteiger partial charge < -0.3 is 19.6 Å². The first-order valence-corrected chi connectivity index (χ1v) is 5.46. The van der Waals surface area contributed by atoms with Crippen LogP contribution in [0.15, 0.2) is 22.9 Å². The minimum atomic E-state index is 0.178. The fraction of sp³-hybridized carbons (Fsp3) is 0.455.